The van der Waals surface area contributed by atoms with Crippen molar-refractivity contribution in [2.24, 2.45) is 0 Å². The minimum atomic E-state index is -3.72. The zero-order chi connectivity index (χ0) is 16.5. The summed E-state index contributed by atoms with van der Waals surface area (Å²) in [5, 5.41) is 0.0375. The Morgan fingerprint density at radius 2 is 2.00 bits per heavy atom. The van der Waals surface area contributed by atoms with Crippen LogP contribution in [0.25, 0.3) is 0 Å². The maximum atomic E-state index is 12.3. The van der Waals surface area contributed by atoms with E-state index in [-0.39, 0.29) is 28.8 Å². The van der Waals surface area contributed by atoms with Gasteiger partial charge < -0.3 is 9.64 Å². The molecule has 1 aliphatic heterocycles. The number of benzene rings is 1. The summed E-state index contributed by atoms with van der Waals surface area (Å²) in [5.74, 6) is -0.358. The second-order valence-electron chi connectivity index (χ2n) is 4.80. The molecular weight excluding hydrogens is 332 g/mol. The van der Waals surface area contributed by atoms with Gasteiger partial charge in [-0.2, -0.15) is 0 Å². The van der Waals surface area contributed by atoms with E-state index in [4.69, 9.17) is 16.3 Å². The van der Waals surface area contributed by atoms with E-state index in [0.29, 0.717) is 5.75 Å². The molecule has 3 amide bonds. The van der Waals surface area contributed by atoms with Crippen LogP contribution in [0.2, 0.25) is 5.02 Å². The van der Waals surface area contributed by atoms with Crippen LogP contribution in [0.1, 0.15) is 0 Å². The molecule has 1 fully saturated rings. The summed E-state index contributed by atoms with van der Waals surface area (Å²) in [7, 11) is -0.793. The van der Waals surface area contributed by atoms with Gasteiger partial charge in [-0.3, -0.25) is 9.69 Å². The average molecular weight is 347 g/mol. The van der Waals surface area contributed by atoms with Gasteiger partial charge in [0.05, 0.1) is 22.8 Å². The Morgan fingerprint density at radius 3 is 2.50 bits per heavy atom. The number of methoxy groups -OCH3 is 1. The van der Waals surface area contributed by atoms with Gasteiger partial charge in [-0.05, 0) is 12.1 Å². The lowest BCUT2D eigenvalue weighted by Crippen LogP contribution is -2.35. The van der Waals surface area contributed by atoms with Crippen molar-refractivity contribution in [1.82, 2.24) is 9.80 Å². The van der Waals surface area contributed by atoms with Crippen LogP contribution < -0.4 is 4.74 Å². The number of amides is 3. The van der Waals surface area contributed by atoms with Crippen LogP contribution >= 0.6 is 11.6 Å². The largest absolute Gasteiger partial charge is 0.497 e. The number of hydrogen-bond donors (Lipinski definition) is 0. The summed E-state index contributed by atoms with van der Waals surface area (Å²) in [6, 6.07) is 3.73. The minimum absolute atomic E-state index is 0.0375. The predicted octanol–water partition coefficient (Wildman–Crippen LogP) is 1.02. The molecular formula is C13H15ClN2O5S. The average Bonchev–Trinajstić information content (AvgIpc) is 2.69. The van der Waals surface area contributed by atoms with Crippen molar-refractivity contribution in [3.05, 3.63) is 23.2 Å². The van der Waals surface area contributed by atoms with E-state index < -0.39 is 21.8 Å². The van der Waals surface area contributed by atoms with Crippen LogP contribution in [0.15, 0.2) is 23.1 Å². The first-order chi connectivity index (χ1) is 10.3. The molecule has 1 aromatic carbocycles. The molecule has 0 unspecified atom stereocenters. The summed E-state index contributed by atoms with van der Waals surface area (Å²) in [4.78, 5) is 25.4. The third kappa shape index (κ3) is 3.17. The highest BCUT2D eigenvalue weighted by Gasteiger charge is 2.34. The number of carbonyl (C=O) groups excluding carboxylic acids is 2. The molecule has 1 aromatic rings. The van der Waals surface area contributed by atoms with E-state index in [9.17, 15) is 18.0 Å². The summed E-state index contributed by atoms with van der Waals surface area (Å²) in [6.45, 7) is -0.241. The first-order valence-corrected chi connectivity index (χ1v) is 8.41. The van der Waals surface area contributed by atoms with Crippen LogP contribution in [-0.2, 0) is 14.6 Å². The lowest BCUT2D eigenvalue weighted by molar-refractivity contribution is -0.125. The van der Waals surface area contributed by atoms with Crippen molar-refractivity contribution in [2.45, 2.75) is 4.90 Å². The maximum Gasteiger partial charge on any atom is 0.326 e. The highest BCUT2D eigenvalue weighted by molar-refractivity contribution is 7.91. The van der Waals surface area contributed by atoms with Crippen LogP contribution in [-0.4, -0.2) is 63.2 Å². The molecule has 22 heavy (non-hydrogen) atoms. The summed E-state index contributed by atoms with van der Waals surface area (Å²) >= 11 is 5.95. The summed E-state index contributed by atoms with van der Waals surface area (Å²) < 4.78 is 29.6. The molecule has 0 spiro atoms. The number of ether oxygens (including phenoxy) is 1. The molecule has 0 aliphatic carbocycles. The van der Waals surface area contributed by atoms with Crippen molar-refractivity contribution < 1.29 is 22.7 Å². The zero-order valence-corrected chi connectivity index (χ0v) is 13.6. The van der Waals surface area contributed by atoms with Crippen LogP contribution in [0.3, 0.4) is 0 Å². The summed E-state index contributed by atoms with van der Waals surface area (Å²) in [5.41, 5.74) is 0. The van der Waals surface area contributed by atoms with Crippen molar-refractivity contribution >= 4 is 33.4 Å². The standard InChI is InChI=1S/C13H15ClN2O5S/c1-15-8-12(17)16(13(15)18)5-6-22(19,20)11-4-3-9(21-2)7-10(11)14/h3-4,7H,5-6,8H2,1-2H3. The van der Waals surface area contributed by atoms with Crippen molar-refractivity contribution in [3.63, 3.8) is 0 Å². The Bertz CT molecular complexity index is 719. The number of sulfone groups is 1. The first kappa shape index (κ1) is 16.6. The molecule has 1 aliphatic rings. The second-order valence-corrected chi connectivity index (χ2v) is 7.28. The monoisotopic (exact) mass is 346 g/mol. The summed E-state index contributed by atoms with van der Waals surface area (Å²) in [6.07, 6.45) is 0. The second kappa shape index (κ2) is 6.13. The van der Waals surface area contributed by atoms with Gasteiger partial charge in [0.15, 0.2) is 9.84 Å². The molecule has 0 saturated carbocycles. The molecule has 0 radical (unpaired) electrons. The smallest absolute Gasteiger partial charge is 0.326 e. The van der Waals surface area contributed by atoms with Crippen molar-refractivity contribution in [1.29, 1.82) is 0 Å². The fourth-order valence-corrected chi connectivity index (χ4v) is 3.87. The minimum Gasteiger partial charge on any atom is -0.497 e. The van der Waals surface area contributed by atoms with E-state index in [1.165, 1.54) is 37.3 Å². The molecule has 120 valence electrons. The number of hydrogen-bond acceptors (Lipinski definition) is 5. The number of carbonyl (C=O) groups is 2. The molecule has 1 saturated heterocycles. The fourth-order valence-electron chi connectivity index (χ4n) is 2.07. The van der Waals surface area contributed by atoms with Gasteiger partial charge in [-0.1, -0.05) is 11.6 Å². The highest BCUT2D eigenvalue weighted by atomic mass is 35.5. The van der Waals surface area contributed by atoms with Gasteiger partial charge >= 0.3 is 6.03 Å². The van der Waals surface area contributed by atoms with Crippen LogP contribution in [0, 0.1) is 0 Å². The quantitative estimate of drug-likeness (QED) is 0.743. The third-order valence-electron chi connectivity index (χ3n) is 3.29. The normalized spacial score (nSPS) is 15.6. The maximum absolute atomic E-state index is 12.3. The van der Waals surface area contributed by atoms with E-state index in [0.717, 1.165) is 4.90 Å². The SMILES string of the molecule is COc1ccc(S(=O)(=O)CCN2C(=O)CN(C)C2=O)c(Cl)c1. The number of rotatable bonds is 5. The van der Waals surface area contributed by atoms with E-state index >= 15 is 0 Å². The first-order valence-electron chi connectivity index (χ1n) is 6.38. The van der Waals surface area contributed by atoms with Gasteiger partial charge in [0, 0.05) is 19.7 Å². The highest BCUT2D eigenvalue weighted by Crippen LogP contribution is 2.27. The number of nitrogens with zero attached hydrogens (tertiary/aromatic N) is 2. The zero-order valence-electron chi connectivity index (χ0n) is 12.1. The Balaban J connectivity index is 2.15. The lowest BCUT2D eigenvalue weighted by atomic mass is 10.3. The lowest BCUT2D eigenvalue weighted by Gasteiger charge is -2.14. The molecule has 2 rings (SSSR count). The molecule has 0 aromatic heterocycles. The molecule has 9 heteroatoms. The Morgan fingerprint density at radius 1 is 1.32 bits per heavy atom. The van der Waals surface area contributed by atoms with Gasteiger partial charge in [0.25, 0.3) is 0 Å². The molecule has 7 nitrogen and oxygen atoms in total. The van der Waals surface area contributed by atoms with E-state index in [1.807, 2.05) is 0 Å². The number of imide groups is 1. The fraction of sp³-hybridized carbons (Fsp3) is 0.385. The van der Waals surface area contributed by atoms with E-state index in [1.54, 1.807) is 0 Å². The number of halogens is 1. The molecule has 0 atom stereocenters. The van der Waals surface area contributed by atoms with Crippen LogP contribution in [0.4, 0.5) is 4.79 Å². The van der Waals surface area contributed by atoms with Crippen molar-refractivity contribution in [2.75, 3.05) is 33.0 Å². The molecule has 1 heterocycles. The Kier molecular flexibility index (Phi) is 4.62. The van der Waals surface area contributed by atoms with Gasteiger partial charge in [0.1, 0.15) is 12.3 Å². The molecule has 0 bridgehead atoms. The topological polar surface area (TPSA) is 84.0 Å². The predicted molar refractivity (Wildman–Crippen MR) is 79.8 cm³/mol. The van der Waals surface area contributed by atoms with E-state index in [2.05, 4.69) is 0 Å². The third-order valence-corrected chi connectivity index (χ3v) is 5.46. The Labute approximate surface area is 133 Å². The Hall–Kier alpha value is -1.80. The number of urea groups is 1. The van der Waals surface area contributed by atoms with Gasteiger partial charge in [-0.15, -0.1) is 0 Å². The van der Waals surface area contributed by atoms with Gasteiger partial charge in [-0.25, -0.2) is 13.2 Å². The van der Waals surface area contributed by atoms with Gasteiger partial charge in [0.2, 0.25) is 5.91 Å². The number of likely N-dealkylation sites (N-methyl/N-ethyl adjacent to an activating group) is 1. The van der Waals surface area contributed by atoms with Crippen molar-refractivity contribution in [3.8, 4) is 5.75 Å². The van der Waals surface area contributed by atoms with Crippen LogP contribution in [0.5, 0.6) is 5.75 Å². The molecule has 0 N–H and O–H groups in total.